The molecule has 3 rings (SSSR count). The molecule has 8 heteroatoms. The van der Waals surface area contributed by atoms with Gasteiger partial charge in [0.05, 0.1) is 0 Å². The second kappa shape index (κ2) is 13.1. The maximum atomic E-state index is 13.5. The van der Waals surface area contributed by atoms with Gasteiger partial charge in [-0.1, -0.05) is 49.4 Å². The van der Waals surface area contributed by atoms with E-state index in [2.05, 4.69) is 43.6 Å². The Bertz CT molecular complexity index is 1100. The molecule has 5 N–H and O–H groups in total. The fraction of sp³-hybridized carbons (Fsp3) is 0.516. The minimum absolute atomic E-state index is 0.0215. The molecule has 39 heavy (non-hydrogen) atoms. The van der Waals surface area contributed by atoms with Gasteiger partial charge in [-0.25, -0.2) is 0 Å². The maximum absolute atomic E-state index is 13.5. The largest absolute Gasteiger partial charge is 0.489 e. The number of carbonyl (C=O) groups is 3. The third-order valence-electron chi connectivity index (χ3n) is 7.09. The van der Waals surface area contributed by atoms with Crippen molar-refractivity contribution in [3.05, 3.63) is 65.7 Å². The van der Waals surface area contributed by atoms with Crippen LogP contribution < -0.4 is 26.4 Å². The molecule has 0 aliphatic carbocycles. The molecule has 2 unspecified atom stereocenters. The van der Waals surface area contributed by atoms with E-state index in [1.165, 1.54) is 0 Å². The van der Waals surface area contributed by atoms with Crippen molar-refractivity contribution in [3.63, 3.8) is 0 Å². The summed E-state index contributed by atoms with van der Waals surface area (Å²) in [5, 5.41) is 9.73. The molecule has 0 aromatic heterocycles. The van der Waals surface area contributed by atoms with Gasteiger partial charge in [0, 0.05) is 35.9 Å². The Kier molecular flexibility index (Phi) is 10.1. The first kappa shape index (κ1) is 30.2. The van der Waals surface area contributed by atoms with E-state index in [9.17, 15) is 14.4 Å². The second-order valence-corrected chi connectivity index (χ2v) is 12.1. The normalized spacial score (nSPS) is 18.0. The van der Waals surface area contributed by atoms with E-state index in [1.54, 1.807) is 6.92 Å². The lowest BCUT2D eigenvalue weighted by Gasteiger charge is -2.46. The number of piperidine rings is 1. The number of hydrogen-bond donors (Lipinski definition) is 4. The Balaban J connectivity index is 1.67. The average molecular weight is 537 g/mol. The highest BCUT2D eigenvalue weighted by molar-refractivity contribution is 5.88. The molecule has 2 atom stereocenters. The van der Waals surface area contributed by atoms with E-state index in [-0.39, 0.29) is 35.4 Å². The standard InChI is InChI=1S/C31H44N4O4/c1-21(28(32)37)11-16-27(36)34-26(29(38)33-24-18-30(2,3)35-31(4,5)19-24)17-22-12-14-25(15-13-22)39-20-23-9-7-6-8-10-23/h6-10,12-15,21,24,26,35H,11,16-20H2,1-5H3,(H2,32,37)(H,33,38)(H,34,36). The molecule has 0 radical (unpaired) electrons. The molecule has 212 valence electrons. The van der Waals surface area contributed by atoms with E-state index >= 15 is 0 Å². The van der Waals surface area contributed by atoms with Crippen LogP contribution in [0, 0.1) is 5.92 Å². The molecular weight excluding hydrogens is 492 g/mol. The van der Waals surface area contributed by atoms with Crippen LogP contribution in [-0.2, 0) is 27.4 Å². The Labute approximate surface area is 232 Å². The summed E-state index contributed by atoms with van der Waals surface area (Å²) in [4.78, 5) is 37.7. The van der Waals surface area contributed by atoms with E-state index in [4.69, 9.17) is 10.5 Å². The summed E-state index contributed by atoms with van der Waals surface area (Å²) in [5.41, 5.74) is 7.07. The summed E-state index contributed by atoms with van der Waals surface area (Å²) in [5.74, 6) is -0.619. The Hall–Kier alpha value is -3.39. The van der Waals surface area contributed by atoms with Gasteiger partial charge < -0.3 is 26.4 Å². The molecule has 0 saturated carbocycles. The molecule has 1 heterocycles. The van der Waals surface area contributed by atoms with Crippen LogP contribution in [0.1, 0.15) is 71.4 Å². The third kappa shape index (κ3) is 10.0. The maximum Gasteiger partial charge on any atom is 0.243 e. The highest BCUT2D eigenvalue weighted by Gasteiger charge is 2.39. The van der Waals surface area contributed by atoms with Gasteiger partial charge in [0.25, 0.3) is 0 Å². The molecule has 1 aliphatic heterocycles. The number of nitrogens with two attached hydrogens (primary N) is 1. The summed E-state index contributed by atoms with van der Waals surface area (Å²) in [7, 11) is 0. The zero-order valence-electron chi connectivity index (χ0n) is 23.9. The third-order valence-corrected chi connectivity index (χ3v) is 7.09. The van der Waals surface area contributed by atoms with Crippen LogP contribution in [0.2, 0.25) is 0 Å². The van der Waals surface area contributed by atoms with Gasteiger partial charge in [0.15, 0.2) is 0 Å². The van der Waals surface area contributed by atoms with Gasteiger partial charge in [-0.2, -0.15) is 0 Å². The average Bonchev–Trinajstić information content (AvgIpc) is 2.85. The van der Waals surface area contributed by atoms with Crippen LogP contribution in [0.15, 0.2) is 54.6 Å². The summed E-state index contributed by atoms with van der Waals surface area (Å²) >= 11 is 0. The first-order valence-electron chi connectivity index (χ1n) is 13.8. The minimum Gasteiger partial charge on any atom is -0.489 e. The van der Waals surface area contributed by atoms with E-state index in [0.29, 0.717) is 19.4 Å². The highest BCUT2D eigenvalue weighted by Crippen LogP contribution is 2.28. The molecule has 8 nitrogen and oxygen atoms in total. The van der Waals surface area contributed by atoms with Crippen molar-refractivity contribution in [1.29, 1.82) is 0 Å². The topological polar surface area (TPSA) is 123 Å². The molecule has 0 spiro atoms. The molecule has 1 saturated heterocycles. The van der Waals surface area contributed by atoms with Crippen molar-refractivity contribution >= 4 is 17.7 Å². The SMILES string of the molecule is CC(CCC(=O)NC(Cc1ccc(OCc2ccccc2)cc1)C(=O)NC1CC(C)(C)NC(C)(C)C1)C(N)=O. The lowest BCUT2D eigenvalue weighted by atomic mass is 9.79. The summed E-state index contributed by atoms with van der Waals surface area (Å²) in [6.07, 6.45) is 2.35. The van der Waals surface area contributed by atoms with Gasteiger partial charge in [0.2, 0.25) is 17.7 Å². The number of carbonyl (C=O) groups excluding carboxylic acids is 3. The van der Waals surface area contributed by atoms with Crippen molar-refractivity contribution in [2.75, 3.05) is 0 Å². The van der Waals surface area contributed by atoms with Crippen LogP contribution in [-0.4, -0.2) is 40.9 Å². The smallest absolute Gasteiger partial charge is 0.243 e. The van der Waals surface area contributed by atoms with Gasteiger partial charge in [-0.3, -0.25) is 14.4 Å². The van der Waals surface area contributed by atoms with E-state index in [1.807, 2.05) is 54.6 Å². The molecular formula is C31H44N4O4. The van der Waals surface area contributed by atoms with Crippen LogP contribution >= 0.6 is 0 Å². The van der Waals surface area contributed by atoms with Crippen LogP contribution in [0.3, 0.4) is 0 Å². The van der Waals surface area contributed by atoms with Crippen LogP contribution in [0.25, 0.3) is 0 Å². The van der Waals surface area contributed by atoms with Crippen LogP contribution in [0.4, 0.5) is 0 Å². The Morgan fingerprint density at radius 3 is 2.18 bits per heavy atom. The van der Waals surface area contributed by atoms with Crippen molar-refractivity contribution in [2.45, 2.75) is 96.5 Å². The number of hydrogen-bond acceptors (Lipinski definition) is 5. The molecule has 3 amide bonds. The Morgan fingerprint density at radius 1 is 0.974 bits per heavy atom. The lowest BCUT2D eigenvalue weighted by Crippen LogP contribution is -2.63. The molecule has 1 fully saturated rings. The van der Waals surface area contributed by atoms with Gasteiger partial charge in [0.1, 0.15) is 18.4 Å². The van der Waals surface area contributed by atoms with Crippen molar-refractivity contribution in [2.24, 2.45) is 11.7 Å². The summed E-state index contributed by atoms with van der Waals surface area (Å²) < 4.78 is 5.88. The van der Waals surface area contributed by atoms with Crippen molar-refractivity contribution < 1.29 is 19.1 Å². The fourth-order valence-corrected chi connectivity index (χ4v) is 5.39. The van der Waals surface area contributed by atoms with Crippen LogP contribution in [0.5, 0.6) is 5.75 Å². The van der Waals surface area contributed by atoms with E-state index < -0.39 is 17.9 Å². The minimum atomic E-state index is -0.751. The molecule has 2 aromatic carbocycles. The number of rotatable bonds is 12. The zero-order chi connectivity index (χ0) is 28.6. The number of primary amides is 1. The summed E-state index contributed by atoms with van der Waals surface area (Å²) in [6.45, 7) is 10.7. The van der Waals surface area contributed by atoms with Gasteiger partial charge in [-0.05, 0) is 70.2 Å². The highest BCUT2D eigenvalue weighted by atomic mass is 16.5. The van der Waals surface area contributed by atoms with Gasteiger partial charge in [-0.15, -0.1) is 0 Å². The molecule has 1 aliphatic rings. The lowest BCUT2D eigenvalue weighted by molar-refractivity contribution is -0.130. The van der Waals surface area contributed by atoms with Gasteiger partial charge >= 0.3 is 0 Å². The van der Waals surface area contributed by atoms with Crippen molar-refractivity contribution in [3.8, 4) is 5.75 Å². The molecule has 0 bridgehead atoms. The fourth-order valence-electron chi connectivity index (χ4n) is 5.39. The Morgan fingerprint density at radius 2 is 1.59 bits per heavy atom. The number of amides is 3. The monoisotopic (exact) mass is 536 g/mol. The van der Waals surface area contributed by atoms with E-state index in [0.717, 1.165) is 29.7 Å². The number of ether oxygens (including phenoxy) is 1. The first-order chi connectivity index (χ1) is 18.3. The molecule has 2 aromatic rings. The number of benzene rings is 2. The first-order valence-corrected chi connectivity index (χ1v) is 13.8. The van der Waals surface area contributed by atoms with Crippen molar-refractivity contribution in [1.82, 2.24) is 16.0 Å². The second-order valence-electron chi connectivity index (χ2n) is 12.1. The zero-order valence-corrected chi connectivity index (χ0v) is 23.9. The predicted molar refractivity (Wildman–Crippen MR) is 153 cm³/mol. The quantitative estimate of drug-likeness (QED) is 0.330. The predicted octanol–water partition coefficient (Wildman–Crippen LogP) is 3.62. The number of nitrogens with one attached hydrogen (secondary N) is 3. The summed E-state index contributed by atoms with van der Waals surface area (Å²) in [6, 6.07) is 16.7.